The van der Waals surface area contributed by atoms with Crippen LogP contribution in [0.25, 0.3) is 22.6 Å². The van der Waals surface area contributed by atoms with Gasteiger partial charge in [0.05, 0.1) is 18.5 Å². The number of pyridine rings is 2. The highest BCUT2D eigenvalue weighted by Crippen LogP contribution is 2.28. The summed E-state index contributed by atoms with van der Waals surface area (Å²) in [5.41, 5.74) is 6.48. The second-order valence-electron chi connectivity index (χ2n) is 10.9. The Morgan fingerprint density at radius 2 is 1.33 bits per heavy atom. The fourth-order valence-corrected chi connectivity index (χ4v) is 4.52. The van der Waals surface area contributed by atoms with Crippen molar-refractivity contribution in [1.82, 2.24) is 19.9 Å². The van der Waals surface area contributed by atoms with Gasteiger partial charge in [0.1, 0.15) is 13.0 Å². The van der Waals surface area contributed by atoms with Crippen LogP contribution in [0.1, 0.15) is 24.5 Å². The van der Waals surface area contributed by atoms with E-state index >= 15 is 0 Å². The summed E-state index contributed by atoms with van der Waals surface area (Å²) in [7, 11) is 0. The van der Waals surface area contributed by atoms with Crippen molar-refractivity contribution in [2.75, 3.05) is 34.5 Å². The maximum absolute atomic E-state index is 11.8. The van der Waals surface area contributed by atoms with Crippen LogP contribution < -0.4 is 21.3 Å². The van der Waals surface area contributed by atoms with E-state index in [1.807, 2.05) is 75.4 Å². The van der Waals surface area contributed by atoms with Crippen LogP contribution in [0.2, 0.25) is 0 Å². The zero-order valence-electron chi connectivity index (χ0n) is 28.1. The van der Waals surface area contributed by atoms with Crippen LogP contribution in [0, 0.1) is 25.2 Å². The summed E-state index contributed by atoms with van der Waals surface area (Å²) in [6.07, 6.45) is 9.86. The van der Waals surface area contributed by atoms with Crippen LogP contribution in [0.15, 0.2) is 107 Å². The molecule has 0 bridgehead atoms. The second kappa shape index (κ2) is 17.5. The van der Waals surface area contributed by atoms with Gasteiger partial charge in [-0.15, -0.1) is 0 Å². The van der Waals surface area contributed by atoms with Crippen molar-refractivity contribution in [3.63, 3.8) is 0 Å². The number of aromatic nitrogens is 4. The number of aryl methyl sites for hydroxylation is 2. The predicted molar refractivity (Wildman–Crippen MR) is 192 cm³/mol. The number of carbonyl (C=O) groups excluding carboxylic acids is 2. The predicted octanol–water partition coefficient (Wildman–Crippen LogP) is 7.40. The number of ether oxygens (including phenoxy) is 1. The van der Waals surface area contributed by atoms with E-state index in [1.54, 1.807) is 49.3 Å². The van der Waals surface area contributed by atoms with E-state index in [4.69, 9.17) is 18.8 Å². The SMILES string of the molecule is CCOCC(=O)Nc1ccc(C)c(Nc2ncc(-c3cccnc3)o2)c1.Cc1ccc(NC(=O)CC#N)cc1Nc1ncc(-c2ccncc2)o1. The van der Waals surface area contributed by atoms with Crippen molar-refractivity contribution in [3.8, 4) is 28.7 Å². The van der Waals surface area contributed by atoms with Gasteiger partial charge in [0, 0.05) is 65.3 Å². The minimum atomic E-state index is -0.353. The van der Waals surface area contributed by atoms with E-state index in [0.29, 0.717) is 41.5 Å². The lowest BCUT2D eigenvalue weighted by atomic mass is 10.2. The van der Waals surface area contributed by atoms with Crippen molar-refractivity contribution in [2.24, 2.45) is 0 Å². The topological polar surface area (TPSA) is 193 Å². The molecule has 2 aromatic carbocycles. The lowest BCUT2D eigenvalue weighted by Gasteiger charge is -2.10. The van der Waals surface area contributed by atoms with Gasteiger partial charge in [-0.05, 0) is 80.4 Å². The quantitative estimate of drug-likeness (QED) is 0.0998. The van der Waals surface area contributed by atoms with Crippen molar-refractivity contribution < 1.29 is 23.2 Å². The highest BCUT2D eigenvalue weighted by atomic mass is 16.5. The number of nitrogens with zero attached hydrogens (tertiary/aromatic N) is 5. The number of hydrogen-bond acceptors (Lipinski definition) is 12. The summed E-state index contributed by atoms with van der Waals surface area (Å²) in [4.78, 5) is 39.8. The third kappa shape index (κ3) is 10.3. The summed E-state index contributed by atoms with van der Waals surface area (Å²) in [5.74, 6) is 0.700. The summed E-state index contributed by atoms with van der Waals surface area (Å²) in [6.45, 7) is 6.26. The lowest BCUT2D eigenvalue weighted by molar-refractivity contribution is -0.120. The van der Waals surface area contributed by atoms with Gasteiger partial charge in [-0.2, -0.15) is 5.26 Å². The highest BCUT2D eigenvalue weighted by molar-refractivity contribution is 5.93. The number of benzene rings is 2. The molecule has 14 heteroatoms. The normalized spacial score (nSPS) is 10.3. The van der Waals surface area contributed by atoms with Crippen molar-refractivity contribution in [2.45, 2.75) is 27.2 Å². The van der Waals surface area contributed by atoms with Gasteiger partial charge in [0.25, 0.3) is 12.0 Å². The molecular weight excluding hydrogens is 650 g/mol. The van der Waals surface area contributed by atoms with Crippen LogP contribution in [0.4, 0.5) is 34.8 Å². The van der Waals surface area contributed by atoms with Crippen LogP contribution in [-0.2, 0) is 14.3 Å². The van der Waals surface area contributed by atoms with E-state index in [9.17, 15) is 9.59 Å². The number of amides is 2. The van der Waals surface area contributed by atoms with Crippen LogP contribution in [0.3, 0.4) is 0 Å². The lowest BCUT2D eigenvalue weighted by Crippen LogP contribution is -2.18. The van der Waals surface area contributed by atoms with E-state index in [1.165, 1.54) is 0 Å². The average Bonchev–Trinajstić information content (AvgIpc) is 3.82. The smallest absolute Gasteiger partial charge is 0.299 e. The second-order valence-corrected chi connectivity index (χ2v) is 10.9. The molecule has 4 N–H and O–H groups in total. The zero-order chi connectivity index (χ0) is 36.0. The highest BCUT2D eigenvalue weighted by Gasteiger charge is 2.11. The Bertz CT molecular complexity index is 2110. The van der Waals surface area contributed by atoms with Gasteiger partial charge >= 0.3 is 0 Å². The van der Waals surface area contributed by atoms with Crippen molar-refractivity contribution in [1.29, 1.82) is 5.26 Å². The first-order chi connectivity index (χ1) is 24.8. The molecule has 0 aliphatic rings. The monoisotopic (exact) mass is 685 g/mol. The molecule has 258 valence electrons. The number of hydrogen-bond donors (Lipinski definition) is 4. The maximum Gasteiger partial charge on any atom is 0.299 e. The molecule has 0 saturated heterocycles. The molecule has 0 fully saturated rings. The fourth-order valence-electron chi connectivity index (χ4n) is 4.52. The Morgan fingerprint density at radius 1 is 0.745 bits per heavy atom. The Labute approximate surface area is 294 Å². The Kier molecular flexibility index (Phi) is 12.2. The summed E-state index contributed by atoms with van der Waals surface area (Å²) < 4.78 is 16.5. The molecule has 51 heavy (non-hydrogen) atoms. The fraction of sp³-hybridized carbons (Fsp3) is 0.162. The van der Waals surface area contributed by atoms with Crippen LogP contribution >= 0.6 is 0 Å². The molecule has 0 spiro atoms. The molecule has 4 aromatic heterocycles. The van der Waals surface area contributed by atoms with Crippen LogP contribution in [0.5, 0.6) is 0 Å². The summed E-state index contributed by atoms with van der Waals surface area (Å²) in [6, 6.07) is 20.9. The van der Waals surface area contributed by atoms with Gasteiger partial charge in [-0.25, -0.2) is 9.97 Å². The first-order valence-corrected chi connectivity index (χ1v) is 15.8. The largest absolute Gasteiger partial charge is 0.423 e. The van der Waals surface area contributed by atoms with Gasteiger partial charge in [0.2, 0.25) is 11.8 Å². The third-order valence-corrected chi connectivity index (χ3v) is 7.13. The van der Waals surface area contributed by atoms with Crippen molar-refractivity contribution >= 4 is 46.6 Å². The van der Waals surface area contributed by atoms with E-state index in [0.717, 1.165) is 33.6 Å². The Morgan fingerprint density at radius 3 is 1.88 bits per heavy atom. The summed E-state index contributed by atoms with van der Waals surface area (Å²) >= 11 is 0. The minimum absolute atomic E-state index is 0.0291. The molecule has 6 rings (SSSR count). The number of anilines is 6. The first-order valence-electron chi connectivity index (χ1n) is 15.8. The molecular formula is C37H35N9O5. The van der Waals surface area contributed by atoms with Gasteiger partial charge in [-0.3, -0.25) is 19.6 Å². The maximum atomic E-state index is 11.8. The number of nitriles is 1. The van der Waals surface area contributed by atoms with Gasteiger partial charge in [-0.1, -0.05) is 12.1 Å². The summed E-state index contributed by atoms with van der Waals surface area (Å²) in [5, 5.41) is 20.3. The molecule has 4 heterocycles. The molecule has 0 unspecified atom stereocenters. The van der Waals surface area contributed by atoms with E-state index in [-0.39, 0.29) is 24.8 Å². The number of rotatable bonds is 12. The molecule has 0 aliphatic carbocycles. The zero-order valence-corrected chi connectivity index (χ0v) is 28.1. The average molecular weight is 686 g/mol. The first kappa shape index (κ1) is 35.5. The number of nitrogens with one attached hydrogen (secondary N) is 4. The Hall–Kier alpha value is -6.85. The van der Waals surface area contributed by atoms with E-state index in [2.05, 4.69) is 41.2 Å². The molecule has 0 saturated carbocycles. The molecule has 14 nitrogen and oxygen atoms in total. The van der Waals surface area contributed by atoms with Gasteiger partial charge < -0.3 is 34.8 Å². The standard InChI is InChI=1S/C19H20N4O3.C18H15N5O2/c1-3-25-12-18(24)22-15-7-6-13(2)16(9-15)23-19-21-11-17(26-19)14-5-4-8-20-10-14;1-12-2-3-14(22-17(24)4-7-19)10-15(12)23-18-21-11-16(25-18)13-5-8-20-9-6-13/h4-11H,3,12H2,1-2H3,(H,21,23)(H,22,24);2-3,5-6,8-11H,4H2,1H3,(H,21,23)(H,22,24). The molecule has 6 aromatic rings. The van der Waals surface area contributed by atoms with Crippen LogP contribution in [-0.4, -0.2) is 45.0 Å². The number of oxazole rings is 2. The third-order valence-electron chi connectivity index (χ3n) is 7.13. The molecule has 0 radical (unpaired) electrons. The van der Waals surface area contributed by atoms with Crippen molar-refractivity contribution in [3.05, 3.63) is 109 Å². The minimum Gasteiger partial charge on any atom is -0.423 e. The van der Waals surface area contributed by atoms with Gasteiger partial charge in [0.15, 0.2) is 11.5 Å². The number of carbonyl (C=O) groups is 2. The molecule has 2 amide bonds. The van der Waals surface area contributed by atoms with E-state index < -0.39 is 0 Å². The molecule has 0 atom stereocenters. The molecule has 0 aliphatic heterocycles. The Balaban J connectivity index is 0.000000198.